The Morgan fingerprint density at radius 3 is 2.54 bits per heavy atom. The Morgan fingerprint density at radius 1 is 1.21 bits per heavy atom. The normalized spacial score (nSPS) is 16.4. The second kappa shape index (κ2) is 7.99. The zero-order chi connectivity index (χ0) is 16.8. The van der Waals surface area contributed by atoms with Gasteiger partial charge in [-0.1, -0.05) is 31.2 Å². The van der Waals surface area contributed by atoms with Crippen LogP contribution in [0.4, 0.5) is 0 Å². The Bertz CT molecular complexity index is 637. The summed E-state index contributed by atoms with van der Waals surface area (Å²) in [5, 5.41) is 3.50. The molecule has 24 heavy (non-hydrogen) atoms. The predicted molar refractivity (Wildman–Crippen MR) is 97.9 cm³/mol. The number of rotatable bonds is 4. The van der Waals surface area contributed by atoms with Crippen LogP contribution in [0.2, 0.25) is 0 Å². The lowest BCUT2D eigenvalue weighted by Gasteiger charge is -2.32. The van der Waals surface area contributed by atoms with Gasteiger partial charge in [-0.2, -0.15) is 0 Å². The minimum absolute atomic E-state index is 0.810. The molecular formula is C19H27N5. The number of piperidine rings is 1. The summed E-state index contributed by atoms with van der Waals surface area (Å²) in [7, 11) is 1.87. The Hall–Kier alpha value is -2.30. The number of imidazole rings is 1. The van der Waals surface area contributed by atoms with Gasteiger partial charge >= 0.3 is 0 Å². The number of benzene rings is 1. The molecule has 1 aliphatic heterocycles. The Kier molecular flexibility index (Phi) is 5.51. The molecule has 0 unspecified atom stereocenters. The summed E-state index contributed by atoms with van der Waals surface area (Å²) in [5.41, 5.74) is 2.56. The van der Waals surface area contributed by atoms with Crippen LogP contribution in [0.5, 0.6) is 0 Å². The SMILES string of the molecule is CN=C(NCc1ccc(Cn2ccnc2)cc1)N1CCC(C)CC1. The fourth-order valence-electron chi connectivity index (χ4n) is 3.09. The lowest BCUT2D eigenvalue weighted by atomic mass is 9.99. The van der Waals surface area contributed by atoms with Gasteiger partial charge in [-0.25, -0.2) is 4.98 Å². The molecule has 3 rings (SSSR count). The molecular weight excluding hydrogens is 298 g/mol. The van der Waals surface area contributed by atoms with E-state index in [1.807, 2.05) is 25.8 Å². The molecule has 0 aliphatic carbocycles. The van der Waals surface area contributed by atoms with E-state index in [1.54, 1.807) is 0 Å². The van der Waals surface area contributed by atoms with Crippen molar-refractivity contribution in [1.82, 2.24) is 19.8 Å². The highest BCUT2D eigenvalue weighted by molar-refractivity contribution is 5.79. The summed E-state index contributed by atoms with van der Waals surface area (Å²) in [4.78, 5) is 10.9. The minimum atomic E-state index is 0.810. The molecule has 5 heteroatoms. The molecule has 2 heterocycles. The van der Waals surface area contributed by atoms with E-state index in [4.69, 9.17) is 0 Å². The lowest BCUT2D eigenvalue weighted by molar-refractivity contribution is 0.273. The van der Waals surface area contributed by atoms with Crippen LogP contribution in [0.15, 0.2) is 48.0 Å². The zero-order valence-corrected chi connectivity index (χ0v) is 14.7. The number of aliphatic imine (C=N–C) groups is 1. The third-order valence-electron chi connectivity index (χ3n) is 4.69. The van der Waals surface area contributed by atoms with E-state index in [0.29, 0.717) is 0 Å². The second-order valence-corrected chi connectivity index (χ2v) is 6.62. The molecule has 2 aromatic rings. The van der Waals surface area contributed by atoms with Gasteiger partial charge in [-0.3, -0.25) is 4.99 Å². The van der Waals surface area contributed by atoms with Gasteiger partial charge < -0.3 is 14.8 Å². The van der Waals surface area contributed by atoms with Crippen LogP contribution in [0, 0.1) is 5.92 Å². The smallest absolute Gasteiger partial charge is 0.193 e. The van der Waals surface area contributed by atoms with E-state index < -0.39 is 0 Å². The van der Waals surface area contributed by atoms with Gasteiger partial charge in [0, 0.05) is 45.6 Å². The molecule has 128 valence electrons. The van der Waals surface area contributed by atoms with Gasteiger partial charge in [-0.05, 0) is 29.9 Å². The van der Waals surface area contributed by atoms with Crippen LogP contribution in [-0.2, 0) is 13.1 Å². The minimum Gasteiger partial charge on any atom is -0.352 e. The molecule has 1 aromatic heterocycles. The Balaban J connectivity index is 1.52. The van der Waals surface area contributed by atoms with Crippen LogP contribution >= 0.6 is 0 Å². The first-order valence-electron chi connectivity index (χ1n) is 8.74. The third kappa shape index (κ3) is 4.37. The van der Waals surface area contributed by atoms with E-state index in [1.165, 1.54) is 24.0 Å². The number of hydrogen-bond acceptors (Lipinski definition) is 2. The van der Waals surface area contributed by atoms with Crippen LogP contribution in [-0.4, -0.2) is 40.5 Å². The zero-order valence-electron chi connectivity index (χ0n) is 14.7. The van der Waals surface area contributed by atoms with Crippen molar-refractivity contribution in [1.29, 1.82) is 0 Å². The number of likely N-dealkylation sites (tertiary alicyclic amines) is 1. The van der Waals surface area contributed by atoms with Gasteiger partial charge in [-0.15, -0.1) is 0 Å². The van der Waals surface area contributed by atoms with Crippen molar-refractivity contribution in [3.05, 3.63) is 54.1 Å². The molecule has 1 N–H and O–H groups in total. The van der Waals surface area contributed by atoms with Crippen molar-refractivity contribution in [3.8, 4) is 0 Å². The topological polar surface area (TPSA) is 45.5 Å². The van der Waals surface area contributed by atoms with Gasteiger partial charge in [0.2, 0.25) is 0 Å². The molecule has 0 saturated carbocycles. The molecule has 0 atom stereocenters. The van der Waals surface area contributed by atoms with Crippen LogP contribution in [0.25, 0.3) is 0 Å². The van der Waals surface area contributed by atoms with Crippen molar-refractivity contribution >= 4 is 5.96 Å². The van der Waals surface area contributed by atoms with Gasteiger partial charge in [0.25, 0.3) is 0 Å². The van der Waals surface area contributed by atoms with Crippen LogP contribution in [0.1, 0.15) is 30.9 Å². The standard InChI is InChI=1S/C19H27N5/c1-16-7-10-24(11-8-16)19(20-2)22-13-17-3-5-18(6-4-17)14-23-12-9-21-15-23/h3-6,9,12,15-16H,7-8,10-11,13-14H2,1-2H3,(H,20,22). The first-order valence-corrected chi connectivity index (χ1v) is 8.74. The maximum Gasteiger partial charge on any atom is 0.193 e. The number of guanidine groups is 1. The fourth-order valence-corrected chi connectivity index (χ4v) is 3.09. The monoisotopic (exact) mass is 325 g/mol. The molecule has 0 bridgehead atoms. The number of nitrogens with zero attached hydrogens (tertiary/aromatic N) is 4. The number of hydrogen-bond donors (Lipinski definition) is 1. The molecule has 0 amide bonds. The van der Waals surface area contributed by atoms with E-state index in [0.717, 1.165) is 38.1 Å². The summed E-state index contributed by atoms with van der Waals surface area (Å²) in [6.45, 7) is 6.21. The molecule has 5 nitrogen and oxygen atoms in total. The summed E-state index contributed by atoms with van der Waals surface area (Å²) in [5.74, 6) is 1.85. The van der Waals surface area contributed by atoms with Gasteiger partial charge in [0.1, 0.15) is 0 Å². The molecule has 1 aliphatic rings. The van der Waals surface area contributed by atoms with Crippen molar-refractivity contribution in [3.63, 3.8) is 0 Å². The number of nitrogens with one attached hydrogen (secondary N) is 1. The van der Waals surface area contributed by atoms with Crippen molar-refractivity contribution in [2.75, 3.05) is 20.1 Å². The molecule has 0 radical (unpaired) electrons. The van der Waals surface area contributed by atoms with Crippen molar-refractivity contribution in [2.45, 2.75) is 32.9 Å². The summed E-state index contributed by atoms with van der Waals surface area (Å²) in [6.07, 6.45) is 8.15. The van der Waals surface area contributed by atoms with Crippen LogP contribution < -0.4 is 5.32 Å². The van der Waals surface area contributed by atoms with Gasteiger partial charge in [0.15, 0.2) is 5.96 Å². The van der Waals surface area contributed by atoms with E-state index in [2.05, 4.69) is 55.9 Å². The summed E-state index contributed by atoms with van der Waals surface area (Å²) >= 11 is 0. The maximum atomic E-state index is 4.44. The Morgan fingerprint density at radius 2 is 1.92 bits per heavy atom. The average Bonchev–Trinajstić information content (AvgIpc) is 3.11. The lowest BCUT2D eigenvalue weighted by Crippen LogP contribution is -2.45. The largest absolute Gasteiger partial charge is 0.352 e. The number of aromatic nitrogens is 2. The second-order valence-electron chi connectivity index (χ2n) is 6.62. The highest BCUT2D eigenvalue weighted by atomic mass is 15.3. The first-order chi connectivity index (χ1) is 11.7. The Labute approximate surface area is 144 Å². The maximum absolute atomic E-state index is 4.44. The third-order valence-corrected chi connectivity index (χ3v) is 4.69. The van der Waals surface area contributed by atoms with E-state index >= 15 is 0 Å². The summed E-state index contributed by atoms with van der Waals surface area (Å²) < 4.78 is 2.08. The molecule has 1 aromatic carbocycles. The fraction of sp³-hybridized carbons (Fsp3) is 0.474. The highest BCUT2D eigenvalue weighted by Crippen LogP contribution is 2.16. The first kappa shape index (κ1) is 16.6. The molecule has 1 fully saturated rings. The predicted octanol–water partition coefficient (Wildman–Crippen LogP) is 2.74. The highest BCUT2D eigenvalue weighted by Gasteiger charge is 2.18. The van der Waals surface area contributed by atoms with Crippen molar-refractivity contribution < 1.29 is 0 Å². The molecule has 1 saturated heterocycles. The van der Waals surface area contributed by atoms with E-state index in [9.17, 15) is 0 Å². The molecule has 0 spiro atoms. The quantitative estimate of drug-likeness (QED) is 0.694. The van der Waals surface area contributed by atoms with Gasteiger partial charge in [0.05, 0.1) is 6.33 Å². The van der Waals surface area contributed by atoms with Crippen molar-refractivity contribution in [2.24, 2.45) is 10.9 Å². The van der Waals surface area contributed by atoms with Crippen LogP contribution in [0.3, 0.4) is 0 Å². The average molecular weight is 325 g/mol. The van der Waals surface area contributed by atoms with E-state index in [-0.39, 0.29) is 0 Å². The summed E-state index contributed by atoms with van der Waals surface area (Å²) in [6, 6.07) is 8.74.